The average molecular weight is 520 g/mol. The average Bonchev–Trinajstić information content (AvgIpc) is 3.12. The Hall–Kier alpha value is -3.57. The molecule has 0 saturated heterocycles. The first kappa shape index (κ1) is 25.1. The molecule has 1 aromatic heterocycles. The minimum absolute atomic E-state index is 0.0890. The molecular weight excluding hydrogens is 490 g/mol. The standard InChI is InChI=1S/C28H30ClN5O3/c1-28(2,3)37-27(35)34-12-11-19(29)14-23-26(34)22-16-31-33-24(25(22)32-23)18-7-9-20(10-8-18)36-21-6-4-5-17(13-21)15-30/h4-6,11,13-14,18,20,32H,7-10,12,16H2,1-3H3/t18-,20-. The van der Waals surface area contributed by atoms with Crippen molar-refractivity contribution in [2.24, 2.45) is 16.1 Å². The first-order valence-corrected chi connectivity index (χ1v) is 13.0. The van der Waals surface area contributed by atoms with E-state index < -0.39 is 11.7 Å². The second-order valence-corrected chi connectivity index (χ2v) is 11.0. The lowest BCUT2D eigenvalue weighted by atomic mass is 9.84. The first-order chi connectivity index (χ1) is 17.7. The van der Waals surface area contributed by atoms with E-state index in [1.54, 1.807) is 23.1 Å². The number of nitriles is 1. The topological polar surface area (TPSA) is 103 Å². The number of amides is 1. The molecular formula is C28H30ClN5O3. The van der Waals surface area contributed by atoms with Crippen molar-refractivity contribution in [1.82, 2.24) is 4.98 Å². The Bertz CT molecular complexity index is 1440. The van der Waals surface area contributed by atoms with Crippen LogP contribution in [0.5, 0.6) is 5.75 Å². The molecule has 1 saturated carbocycles. The van der Waals surface area contributed by atoms with Crippen LogP contribution < -0.4 is 20.3 Å². The third-order valence-electron chi connectivity index (χ3n) is 6.73. The van der Waals surface area contributed by atoms with Crippen LogP contribution in [0.25, 0.3) is 11.8 Å². The Morgan fingerprint density at radius 3 is 2.76 bits per heavy atom. The van der Waals surface area contributed by atoms with Crippen molar-refractivity contribution in [1.29, 1.82) is 5.26 Å². The molecule has 1 fully saturated rings. The minimum Gasteiger partial charge on any atom is -0.490 e. The Kier molecular flexibility index (Phi) is 6.82. The number of H-pyrrole nitrogens is 1. The summed E-state index contributed by atoms with van der Waals surface area (Å²) in [7, 11) is 0. The highest BCUT2D eigenvalue weighted by atomic mass is 35.5. The lowest BCUT2D eigenvalue weighted by Crippen LogP contribution is -2.39. The van der Waals surface area contributed by atoms with Crippen LogP contribution in [0.3, 0.4) is 0 Å². The number of hydrogen-bond acceptors (Lipinski definition) is 6. The van der Waals surface area contributed by atoms with Gasteiger partial charge in [0.05, 0.1) is 46.4 Å². The summed E-state index contributed by atoms with van der Waals surface area (Å²) in [6.45, 7) is 6.25. The van der Waals surface area contributed by atoms with Crippen molar-refractivity contribution in [3.63, 3.8) is 0 Å². The number of nitrogens with one attached hydrogen (secondary N) is 1. The number of halogens is 1. The zero-order valence-corrected chi connectivity index (χ0v) is 22.0. The summed E-state index contributed by atoms with van der Waals surface area (Å²) in [4.78, 5) is 18.3. The van der Waals surface area contributed by atoms with Crippen LogP contribution >= 0.6 is 11.6 Å². The van der Waals surface area contributed by atoms with Gasteiger partial charge in [0.1, 0.15) is 11.4 Å². The quantitative estimate of drug-likeness (QED) is 0.597. The number of fused-ring (bicyclic) bond motifs is 3. The third-order valence-corrected chi connectivity index (χ3v) is 6.99. The maximum atomic E-state index is 13.1. The van der Waals surface area contributed by atoms with E-state index in [2.05, 4.69) is 21.3 Å². The van der Waals surface area contributed by atoms with Crippen LogP contribution in [0.2, 0.25) is 0 Å². The summed E-state index contributed by atoms with van der Waals surface area (Å²) >= 11 is 6.42. The minimum atomic E-state index is -0.620. The molecule has 8 nitrogen and oxygen atoms in total. The highest BCUT2D eigenvalue weighted by molar-refractivity contribution is 6.34. The zero-order valence-electron chi connectivity index (χ0n) is 21.3. The van der Waals surface area contributed by atoms with Crippen LogP contribution in [-0.4, -0.2) is 29.3 Å². The summed E-state index contributed by atoms with van der Waals surface area (Å²) < 4.78 is 11.9. The Morgan fingerprint density at radius 1 is 1.24 bits per heavy atom. The molecule has 1 N–H and O–H groups in total. The number of nitrogens with zero attached hydrogens (tertiary/aromatic N) is 4. The summed E-state index contributed by atoms with van der Waals surface area (Å²) in [6, 6.07) is 9.44. The number of benzene rings is 1. The van der Waals surface area contributed by atoms with Gasteiger partial charge in [0.15, 0.2) is 0 Å². The summed E-state index contributed by atoms with van der Waals surface area (Å²) in [5.41, 5.74) is 2.58. The van der Waals surface area contributed by atoms with Crippen molar-refractivity contribution in [3.8, 4) is 11.8 Å². The Morgan fingerprint density at radius 2 is 2.03 bits per heavy atom. The zero-order chi connectivity index (χ0) is 26.2. The second-order valence-electron chi connectivity index (χ2n) is 10.6. The second kappa shape index (κ2) is 10.1. The molecule has 1 aromatic carbocycles. The Balaban J connectivity index is 1.42. The van der Waals surface area contributed by atoms with Crippen LogP contribution in [0.1, 0.15) is 57.6 Å². The largest absolute Gasteiger partial charge is 0.490 e. The molecule has 0 atom stereocenters. The van der Waals surface area contributed by atoms with Gasteiger partial charge in [-0.3, -0.25) is 4.90 Å². The number of aromatic amines is 1. The van der Waals surface area contributed by atoms with Gasteiger partial charge < -0.3 is 14.5 Å². The predicted octanol–water partition coefficient (Wildman–Crippen LogP) is 5.26. The fourth-order valence-corrected chi connectivity index (χ4v) is 5.27. The summed E-state index contributed by atoms with van der Waals surface area (Å²) in [5, 5.41) is 20.4. The van der Waals surface area contributed by atoms with Crippen molar-refractivity contribution in [3.05, 3.63) is 57.2 Å². The van der Waals surface area contributed by atoms with Crippen LogP contribution in [0.15, 0.2) is 45.6 Å². The van der Waals surface area contributed by atoms with Crippen LogP contribution in [-0.2, 0) is 11.3 Å². The summed E-state index contributed by atoms with van der Waals surface area (Å²) in [6.07, 6.45) is 6.87. The number of azo groups is 1. The molecule has 0 unspecified atom stereocenters. The fraction of sp³-hybridized carbons (Fsp3) is 0.429. The molecule has 2 aromatic rings. The Labute approximate surface area is 220 Å². The number of allylic oxidation sites excluding steroid dienone is 1. The number of carbonyl (C=O) groups excluding carboxylic acids is 1. The van der Waals surface area contributed by atoms with Gasteiger partial charge in [0, 0.05) is 23.1 Å². The molecule has 5 rings (SSSR count). The van der Waals surface area contributed by atoms with Crippen molar-refractivity contribution >= 4 is 35.2 Å². The number of ether oxygens (including phenoxy) is 2. The molecule has 3 aliphatic rings. The van der Waals surface area contributed by atoms with Gasteiger partial charge in [-0.1, -0.05) is 17.7 Å². The SMILES string of the molecule is CC(C)(C)OC(=O)N1CC=C(Cl)C=c2[nH]c3c(c21)CN=NC=3[C@H]1CC[C@H](Oc2cccc(C#N)c2)CC1. The first-order valence-electron chi connectivity index (χ1n) is 12.6. The number of carbonyl (C=O) groups is 1. The number of hydrogen-bond donors (Lipinski definition) is 1. The maximum Gasteiger partial charge on any atom is 0.415 e. The smallest absolute Gasteiger partial charge is 0.415 e. The number of aromatic nitrogens is 1. The highest BCUT2D eigenvalue weighted by Crippen LogP contribution is 2.35. The van der Waals surface area contributed by atoms with Gasteiger partial charge in [0.2, 0.25) is 0 Å². The van der Waals surface area contributed by atoms with E-state index >= 15 is 0 Å². The molecule has 1 aliphatic carbocycles. The molecule has 0 spiro atoms. The summed E-state index contributed by atoms with van der Waals surface area (Å²) in [5.74, 6) is 0.946. The van der Waals surface area contributed by atoms with Gasteiger partial charge in [-0.2, -0.15) is 15.5 Å². The number of anilines is 1. The fourth-order valence-electron chi connectivity index (χ4n) is 5.09. The molecule has 0 radical (unpaired) electrons. The van der Waals surface area contributed by atoms with E-state index in [1.165, 1.54) is 0 Å². The monoisotopic (exact) mass is 519 g/mol. The lowest BCUT2D eigenvalue weighted by molar-refractivity contribution is 0.0584. The molecule has 9 heteroatoms. The molecule has 1 amide bonds. The van der Waals surface area contributed by atoms with E-state index in [-0.39, 0.29) is 12.0 Å². The van der Waals surface area contributed by atoms with E-state index in [4.69, 9.17) is 26.3 Å². The van der Waals surface area contributed by atoms with Gasteiger partial charge in [-0.05, 0) is 76.8 Å². The molecule has 3 heterocycles. The molecule has 192 valence electrons. The molecule has 0 bridgehead atoms. The lowest BCUT2D eigenvalue weighted by Gasteiger charge is -2.29. The van der Waals surface area contributed by atoms with Crippen LogP contribution in [0, 0.1) is 17.2 Å². The van der Waals surface area contributed by atoms with Gasteiger partial charge in [-0.25, -0.2) is 4.79 Å². The van der Waals surface area contributed by atoms with E-state index in [0.29, 0.717) is 23.7 Å². The van der Waals surface area contributed by atoms with E-state index in [9.17, 15) is 4.79 Å². The maximum absolute atomic E-state index is 13.1. The van der Waals surface area contributed by atoms with E-state index in [1.807, 2.05) is 39.0 Å². The molecule has 2 aliphatic heterocycles. The van der Waals surface area contributed by atoms with Crippen molar-refractivity contribution < 1.29 is 14.3 Å². The number of rotatable bonds is 3. The van der Waals surface area contributed by atoms with Gasteiger partial charge in [-0.15, -0.1) is 0 Å². The predicted molar refractivity (Wildman–Crippen MR) is 142 cm³/mol. The van der Waals surface area contributed by atoms with Gasteiger partial charge in [0.25, 0.3) is 0 Å². The van der Waals surface area contributed by atoms with Gasteiger partial charge >= 0.3 is 6.09 Å². The third kappa shape index (κ3) is 5.42. The normalized spacial score (nSPS) is 21.1. The van der Waals surface area contributed by atoms with Crippen molar-refractivity contribution in [2.75, 3.05) is 11.4 Å². The van der Waals surface area contributed by atoms with E-state index in [0.717, 1.165) is 59.1 Å². The molecule has 37 heavy (non-hydrogen) atoms. The van der Waals surface area contributed by atoms with Crippen LogP contribution in [0.4, 0.5) is 10.5 Å². The van der Waals surface area contributed by atoms with Crippen molar-refractivity contribution in [2.45, 2.75) is 64.7 Å². The highest BCUT2D eigenvalue weighted by Gasteiger charge is 2.32.